The van der Waals surface area contributed by atoms with Crippen LogP contribution in [0.3, 0.4) is 0 Å². The van der Waals surface area contributed by atoms with Crippen molar-refractivity contribution in [2.75, 3.05) is 6.26 Å². The molecule has 0 radical (unpaired) electrons. The highest BCUT2D eigenvalue weighted by atomic mass is 35.5. The molecule has 0 spiro atoms. The summed E-state index contributed by atoms with van der Waals surface area (Å²) in [5.41, 5.74) is 7.03. The molecule has 0 fully saturated rings. The van der Waals surface area contributed by atoms with Gasteiger partial charge in [0.15, 0.2) is 0 Å². The first kappa shape index (κ1) is 15.7. The fraction of sp³-hybridized carbons (Fsp3) is 0.200. The molecule has 0 unspecified atom stereocenters. The normalized spacial score (nSPS) is 17.9. The van der Waals surface area contributed by atoms with E-state index in [9.17, 15) is 5.11 Å². The minimum absolute atomic E-state index is 0.0516. The molecular weight excluding hydrogens is 278 g/mol. The van der Waals surface area contributed by atoms with Crippen molar-refractivity contribution < 1.29 is 5.11 Å². The number of nitrogens with two attached hydrogens (primary N) is 1. The van der Waals surface area contributed by atoms with Crippen molar-refractivity contribution in [1.82, 2.24) is 0 Å². The topological polar surface area (TPSA) is 46.2 Å². The minimum atomic E-state index is 0.0516. The Balaban J connectivity index is 3.34. The van der Waals surface area contributed by atoms with E-state index in [1.54, 1.807) is 11.8 Å². The highest BCUT2D eigenvalue weighted by Crippen LogP contribution is 2.34. The van der Waals surface area contributed by atoms with Gasteiger partial charge in [0.2, 0.25) is 0 Å². The third kappa shape index (κ3) is 4.37. The molecule has 0 saturated carbocycles. The van der Waals surface area contributed by atoms with Gasteiger partial charge in [-0.3, -0.25) is 0 Å². The van der Waals surface area contributed by atoms with Gasteiger partial charge in [-0.15, -0.1) is 11.8 Å². The maximum Gasteiger partial charge on any atom is 0.138 e. The Hall–Kier alpha value is -1.32. The summed E-state index contributed by atoms with van der Waals surface area (Å²) in [6, 6.07) is 0. The fourth-order valence-electron chi connectivity index (χ4n) is 1.64. The summed E-state index contributed by atoms with van der Waals surface area (Å²) in [4.78, 5) is 1.07. The Kier molecular flexibility index (Phi) is 6.60. The van der Waals surface area contributed by atoms with Crippen LogP contribution in [0.25, 0.3) is 0 Å². The molecule has 0 atom stereocenters. The van der Waals surface area contributed by atoms with Crippen LogP contribution in [-0.2, 0) is 0 Å². The lowest BCUT2D eigenvalue weighted by Gasteiger charge is -2.12. The minimum Gasteiger partial charge on any atom is -0.506 e. The molecule has 3 N–H and O–H groups in total. The average molecular weight is 296 g/mol. The van der Waals surface area contributed by atoms with E-state index in [1.165, 1.54) is 6.20 Å². The number of hydrogen-bond donors (Lipinski definition) is 2. The smallest absolute Gasteiger partial charge is 0.138 e. The summed E-state index contributed by atoms with van der Waals surface area (Å²) in [6.07, 6.45) is 15.3. The van der Waals surface area contributed by atoms with Gasteiger partial charge in [-0.1, -0.05) is 42.0 Å². The summed E-state index contributed by atoms with van der Waals surface area (Å²) in [5.74, 6) is 0.0516. The van der Waals surface area contributed by atoms with Gasteiger partial charge < -0.3 is 10.8 Å². The Morgan fingerprint density at radius 1 is 1.47 bits per heavy atom. The molecule has 0 amide bonds. The van der Waals surface area contributed by atoms with Gasteiger partial charge in [0.1, 0.15) is 5.76 Å². The van der Waals surface area contributed by atoms with Crippen LogP contribution in [0, 0.1) is 0 Å². The second-order valence-corrected chi connectivity index (χ2v) is 5.16. The van der Waals surface area contributed by atoms with Crippen LogP contribution in [0.5, 0.6) is 0 Å². The zero-order valence-corrected chi connectivity index (χ0v) is 12.6. The van der Waals surface area contributed by atoms with Crippen LogP contribution in [-0.4, -0.2) is 11.4 Å². The van der Waals surface area contributed by atoms with E-state index in [2.05, 4.69) is 6.08 Å². The maximum atomic E-state index is 9.97. The predicted octanol–water partition coefficient (Wildman–Crippen LogP) is 4.55. The van der Waals surface area contributed by atoms with E-state index < -0.39 is 0 Å². The average Bonchev–Trinajstić information content (AvgIpc) is 2.61. The number of allylic oxidation sites excluding steroid dienone is 9. The fourth-order valence-corrected chi connectivity index (χ4v) is 2.42. The Morgan fingerprint density at radius 3 is 2.79 bits per heavy atom. The van der Waals surface area contributed by atoms with E-state index in [0.29, 0.717) is 12.0 Å². The molecule has 0 aromatic rings. The number of rotatable bonds is 4. The zero-order chi connectivity index (χ0) is 14.3. The molecule has 19 heavy (non-hydrogen) atoms. The highest BCUT2D eigenvalue weighted by Gasteiger charge is 2.14. The number of hydrogen-bond acceptors (Lipinski definition) is 3. The molecular formula is C15H18ClNOS. The van der Waals surface area contributed by atoms with Crippen molar-refractivity contribution in [3.8, 4) is 0 Å². The number of aliphatic hydroxyl groups is 1. The van der Waals surface area contributed by atoms with Crippen molar-refractivity contribution >= 4 is 23.4 Å². The van der Waals surface area contributed by atoms with Gasteiger partial charge in [0.05, 0.1) is 0 Å². The SMILES string of the molecule is C\C=C/C=C(C1=CC=C(Cl)CC=C1SC)\C(O)=C\N. The van der Waals surface area contributed by atoms with Crippen molar-refractivity contribution in [1.29, 1.82) is 0 Å². The van der Waals surface area contributed by atoms with Crippen LogP contribution >= 0.6 is 23.4 Å². The summed E-state index contributed by atoms with van der Waals surface area (Å²) in [5, 5.41) is 10.7. The van der Waals surface area contributed by atoms with Gasteiger partial charge in [-0.05, 0) is 24.8 Å². The van der Waals surface area contributed by atoms with Crippen LogP contribution in [0.2, 0.25) is 0 Å². The van der Waals surface area contributed by atoms with Gasteiger partial charge >= 0.3 is 0 Å². The van der Waals surface area contributed by atoms with Crippen LogP contribution in [0.1, 0.15) is 13.3 Å². The second-order valence-electron chi connectivity index (χ2n) is 3.83. The monoisotopic (exact) mass is 295 g/mol. The number of thioether (sulfide) groups is 1. The molecule has 2 nitrogen and oxygen atoms in total. The first-order valence-corrected chi connectivity index (χ1v) is 7.49. The molecule has 4 heteroatoms. The quantitative estimate of drug-likeness (QED) is 0.591. The third-order valence-corrected chi connectivity index (χ3v) is 3.68. The molecule has 1 rings (SSSR count). The molecule has 0 saturated heterocycles. The lowest BCUT2D eigenvalue weighted by Crippen LogP contribution is -1.98. The second kappa shape index (κ2) is 7.97. The highest BCUT2D eigenvalue weighted by molar-refractivity contribution is 8.02. The van der Waals surface area contributed by atoms with E-state index in [0.717, 1.165) is 15.5 Å². The maximum absolute atomic E-state index is 9.97. The van der Waals surface area contributed by atoms with Crippen LogP contribution in [0.15, 0.2) is 69.5 Å². The van der Waals surface area contributed by atoms with E-state index in [4.69, 9.17) is 17.3 Å². The molecule has 0 bridgehead atoms. The number of aliphatic hydroxyl groups excluding tert-OH is 1. The summed E-state index contributed by atoms with van der Waals surface area (Å²) in [7, 11) is 0. The summed E-state index contributed by atoms with van der Waals surface area (Å²) < 4.78 is 0. The number of halogens is 1. The molecule has 1 aliphatic carbocycles. The van der Waals surface area contributed by atoms with E-state index >= 15 is 0 Å². The van der Waals surface area contributed by atoms with Crippen molar-refractivity contribution in [2.45, 2.75) is 13.3 Å². The Morgan fingerprint density at radius 2 is 2.21 bits per heavy atom. The lowest BCUT2D eigenvalue weighted by atomic mass is 10.0. The summed E-state index contributed by atoms with van der Waals surface area (Å²) in [6.45, 7) is 1.92. The van der Waals surface area contributed by atoms with Gasteiger partial charge in [-0.25, -0.2) is 0 Å². The largest absolute Gasteiger partial charge is 0.506 e. The molecule has 1 aliphatic rings. The third-order valence-electron chi connectivity index (χ3n) is 2.58. The molecule has 102 valence electrons. The van der Waals surface area contributed by atoms with Crippen molar-refractivity contribution in [2.24, 2.45) is 5.73 Å². The van der Waals surface area contributed by atoms with Gasteiger partial charge in [0, 0.05) is 28.1 Å². The van der Waals surface area contributed by atoms with Crippen molar-refractivity contribution in [3.63, 3.8) is 0 Å². The molecule has 0 aromatic heterocycles. The lowest BCUT2D eigenvalue weighted by molar-refractivity contribution is 0.423. The summed E-state index contributed by atoms with van der Waals surface area (Å²) >= 11 is 7.67. The van der Waals surface area contributed by atoms with E-state index in [1.807, 2.05) is 43.6 Å². The first-order valence-electron chi connectivity index (χ1n) is 5.89. The molecule has 0 aliphatic heterocycles. The zero-order valence-electron chi connectivity index (χ0n) is 11.1. The van der Waals surface area contributed by atoms with Crippen LogP contribution < -0.4 is 5.73 Å². The van der Waals surface area contributed by atoms with Gasteiger partial charge in [0.25, 0.3) is 0 Å². The first-order chi connectivity index (χ1) is 9.13. The standard InChI is InChI=1S/C15H18ClNOS/c1-3-4-5-12(14(18)10-17)13-8-6-11(16)7-9-15(13)19-2/h3-6,8-10,18H,7,17H2,1-2H3/b4-3-,12-5-,14-10-. The van der Waals surface area contributed by atoms with Crippen molar-refractivity contribution in [3.05, 3.63) is 69.5 Å². The predicted molar refractivity (Wildman–Crippen MR) is 86.0 cm³/mol. The Bertz CT molecular complexity index is 510. The molecule has 0 aromatic carbocycles. The van der Waals surface area contributed by atoms with Gasteiger partial charge in [-0.2, -0.15) is 0 Å². The van der Waals surface area contributed by atoms with Crippen LogP contribution in [0.4, 0.5) is 0 Å². The van der Waals surface area contributed by atoms with E-state index in [-0.39, 0.29) is 5.76 Å². The Labute approximate surface area is 123 Å². The molecule has 0 heterocycles.